The predicted molar refractivity (Wildman–Crippen MR) is 69.6 cm³/mol. The Morgan fingerprint density at radius 2 is 1.67 bits per heavy atom. The lowest BCUT2D eigenvalue weighted by molar-refractivity contribution is -0.134. The van der Waals surface area contributed by atoms with Crippen LogP contribution >= 0.6 is 0 Å². The number of esters is 1. The van der Waals surface area contributed by atoms with E-state index in [2.05, 4.69) is 12.1 Å². The maximum atomic E-state index is 11.6. The lowest BCUT2D eigenvalue weighted by atomic mass is 9.87. The van der Waals surface area contributed by atoms with Crippen LogP contribution in [0.3, 0.4) is 0 Å². The van der Waals surface area contributed by atoms with Crippen LogP contribution in [0.5, 0.6) is 5.75 Å². The quantitative estimate of drug-likeness (QED) is 0.561. The van der Waals surface area contributed by atoms with Crippen molar-refractivity contribution in [2.24, 2.45) is 0 Å². The summed E-state index contributed by atoms with van der Waals surface area (Å²) in [5.74, 6) is 0.809. The van der Waals surface area contributed by atoms with Gasteiger partial charge in [-0.1, -0.05) is 48.5 Å². The number of benzene rings is 2. The fourth-order valence-electron chi connectivity index (χ4n) is 2.48. The van der Waals surface area contributed by atoms with Crippen LogP contribution in [0.1, 0.15) is 29.9 Å². The van der Waals surface area contributed by atoms with Crippen LogP contribution in [-0.2, 0) is 4.79 Å². The van der Waals surface area contributed by atoms with Crippen LogP contribution in [0.4, 0.5) is 0 Å². The smallest absolute Gasteiger partial charge is 0.311 e. The Balaban J connectivity index is 2.08. The third kappa shape index (κ3) is 2.02. The molecule has 1 aliphatic rings. The molecule has 3 rings (SSSR count). The first kappa shape index (κ1) is 11.0. The zero-order valence-corrected chi connectivity index (χ0v) is 10.0. The van der Waals surface area contributed by atoms with Gasteiger partial charge in [-0.3, -0.25) is 4.79 Å². The molecule has 0 saturated carbocycles. The molecule has 0 saturated heterocycles. The second kappa shape index (κ2) is 4.65. The van der Waals surface area contributed by atoms with Crippen LogP contribution in [0.15, 0.2) is 54.6 Å². The molecule has 1 aliphatic heterocycles. The third-order valence-corrected chi connectivity index (χ3v) is 3.36. The molecule has 0 N–H and O–H groups in total. The molecule has 0 bridgehead atoms. The van der Waals surface area contributed by atoms with Gasteiger partial charge in [0.2, 0.25) is 0 Å². The number of ether oxygens (including phenoxy) is 1. The molecule has 0 radical (unpaired) electrons. The predicted octanol–water partition coefficient (Wildman–Crippen LogP) is 3.52. The summed E-state index contributed by atoms with van der Waals surface area (Å²) in [6, 6.07) is 18.1. The Hall–Kier alpha value is -2.09. The topological polar surface area (TPSA) is 26.3 Å². The van der Waals surface area contributed by atoms with E-state index in [1.54, 1.807) is 0 Å². The van der Waals surface area contributed by atoms with Crippen molar-refractivity contribution in [3.05, 3.63) is 65.7 Å². The number of hydrogen-bond acceptors (Lipinski definition) is 2. The summed E-state index contributed by atoms with van der Waals surface area (Å²) in [7, 11) is 0. The molecule has 1 atom stereocenters. The second-order valence-corrected chi connectivity index (χ2v) is 4.51. The Morgan fingerprint density at radius 3 is 2.50 bits per heavy atom. The number of rotatable bonds is 1. The van der Waals surface area contributed by atoms with E-state index in [1.165, 1.54) is 5.56 Å². The molecule has 2 heteroatoms. The van der Waals surface area contributed by atoms with Gasteiger partial charge in [0.1, 0.15) is 5.75 Å². The number of fused-ring (bicyclic) bond motifs is 1. The van der Waals surface area contributed by atoms with E-state index in [9.17, 15) is 4.79 Å². The molecule has 0 fully saturated rings. The monoisotopic (exact) mass is 238 g/mol. The van der Waals surface area contributed by atoms with Gasteiger partial charge in [-0.15, -0.1) is 0 Å². The molecule has 0 spiro atoms. The SMILES string of the molecule is O=C1CCC(c2ccccc2)c2ccccc2O1. The molecule has 0 amide bonds. The molecule has 18 heavy (non-hydrogen) atoms. The maximum Gasteiger partial charge on any atom is 0.311 e. The lowest BCUT2D eigenvalue weighted by Gasteiger charge is -2.16. The molecular formula is C16H14O2. The van der Waals surface area contributed by atoms with Crippen molar-refractivity contribution in [3.8, 4) is 5.75 Å². The Bertz CT molecular complexity index is 560. The highest BCUT2D eigenvalue weighted by atomic mass is 16.5. The third-order valence-electron chi connectivity index (χ3n) is 3.36. The molecule has 2 aromatic rings. The van der Waals surface area contributed by atoms with Crippen molar-refractivity contribution in [2.75, 3.05) is 0 Å². The normalized spacial score (nSPS) is 18.7. The summed E-state index contributed by atoms with van der Waals surface area (Å²) in [5, 5.41) is 0. The highest BCUT2D eigenvalue weighted by Crippen LogP contribution is 2.37. The van der Waals surface area contributed by atoms with E-state index < -0.39 is 0 Å². The first-order chi connectivity index (χ1) is 8.84. The Kier molecular flexibility index (Phi) is 2.85. The van der Waals surface area contributed by atoms with Gasteiger partial charge in [0.15, 0.2) is 0 Å². The summed E-state index contributed by atoms with van der Waals surface area (Å²) in [6.07, 6.45) is 1.27. The summed E-state index contributed by atoms with van der Waals surface area (Å²) in [4.78, 5) is 11.6. The Labute approximate surface area is 106 Å². The van der Waals surface area contributed by atoms with Gasteiger partial charge in [-0.25, -0.2) is 0 Å². The summed E-state index contributed by atoms with van der Waals surface area (Å²) in [5.41, 5.74) is 2.35. The second-order valence-electron chi connectivity index (χ2n) is 4.51. The lowest BCUT2D eigenvalue weighted by Crippen LogP contribution is -2.05. The summed E-state index contributed by atoms with van der Waals surface area (Å²) >= 11 is 0. The zero-order chi connectivity index (χ0) is 12.4. The van der Waals surface area contributed by atoms with E-state index in [0.29, 0.717) is 12.2 Å². The van der Waals surface area contributed by atoms with Crippen LogP contribution < -0.4 is 4.74 Å². The maximum absolute atomic E-state index is 11.6. The van der Waals surface area contributed by atoms with Gasteiger partial charge in [0, 0.05) is 17.9 Å². The van der Waals surface area contributed by atoms with E-state index in [0.717, 1.165) is 12.0 Å². The van der Waals surface area contributed by atoms with E-state index in [4.69, 9.17) is 4.74 Å². The van der Waals surface area contributed by atoms with Crippen molar-refractivity contribution in [1.29, 1.82) is 0 Å². The van der Waals surface area contributed by atoms with Crippen molar-refractivity contribution >= 4 is 5.97 Å². The van der Waals surface area contributed by atoms with Crippen molar-refractivity contribution in [3.63, 3.8) is 0 Å². The average Bonchev–Trinajstić information content (AvgIpc) is 2.58. The molecule has 1 heterocycles. The fourth-order valence-corrected chi connectivity index (χ4v) is 2.48. The van der Waals surface area contributed by atoms with Crippen molar-refractivity contribution in [1.82, 2.24) is 0 Å². The highest BCUT2D eigenvalue weighted by Gasteiger charge is 2.24. The molecule has 1 unspecified atom stereocenters. The van der Waals surface area contributed by atoms with Gasteiger partial charge in [-0.05, 0) is 18.1 Å². The van der Waals surface area contributed by atoms with Crippen molar-refractivity contribution < 1.29 is 9.53 Å². The number of para-hydroxylation sites is 1. The minimum atomic E-state index is -0.138. The van der Waals surface area contributed by atoms with E-state index >= 15 is 0 Å². The summed E-state index contributed by atoms with van der Waals surface area (Å²) in [6.45, 7) is 0. The molecule has 0 aliphatic carbocycles. The number of carbonyl (C=O) groups excluding carboxylic acids is 1. The summed E-state index contributed by atoms with van der Waals surface area (Å²) < 4.78 is 5.37. The Morgan fingerprint density at radius 1 is 0.944 bits per heavy atom. The van der Waals surface area contributed by atoms with Gasteiger partial charge >= 0.3 is 5.97 Å². The number of hydrogen-bond donors (Lipinski definition) is 0. The first-order valence-electron chi connectivity index (χ1n) is 6.19. The molecule has 90 valence electrons. The van der Waals surface area contributed by atoms with E-state index in [-0.39, 0.29) is 11.9 Å². The number of carbonyl (C=O) groups is 1. The molecular weight excluding hydrogens is 224 g/mol. The molecule has 2 nitrogen and oxygen atoms in total. The molecule has 0 aromatic heterocycles. The molecule has 2 aromatic carbocycles. The highest BCUT2D eigenvalue weighted by molar-refractivity contribution is 5.74. The minimum absolute atomic E-state index is 0.138. The van der Waals surface area contributed by atoms with Crippen LogP contribution in [0.2, 0.25) is 0 Å². The average molecular weight is 238 g/mol. The standard InChI is InChI=1S/C16H14O2/c17-16-11-10-13(12-6-2-1-3-7-12)14-8-4-5-9-15(14)18-16/h1-9,13H,10-11H2. The van der Waals surface area contributed by atoms with Crippen molar-refractivity contribution in [2.45, 2.75) is 18.8 Å². The fraction of sp³-hybridized carbons (Fsp3) is 0.188. The van der Waals surface area contributed by atoms with Gasteiger partial charge in [0.05, 0.1) is 0 Å². The van der Waals surface area contributed by atoms with Gasteiger partial charge < -0.3 is 4.74 Å². The largest absolute Gasteiger partial charge is 0.426 e. The van der Waals surface area contributed by atoms with Crippen LogP contribution in [0.25, 0.3) is 0 Å². The van der Waals surface area contributed by atoms with Gasteiger partial charge in [0.25, 0.3) is 0 Å². The zero-order valence-electron chi connectivity index (χ0n) is 10.0. The van der Waals surface area contributed by atoms with E-state index in [1.807, 2.05) is 42.5 Å². The van der Waals surface area contributed by atoms with Gasteiger partial charge in [-0.2, -0.15) is 0 Å². The van der Waals surface area contributed by atoms with Crippen LogP contribution in [-0.4, -0.2) is 5.97 Å². The minimum Gasteiger partial charge on any atom is -0.426 e. The van der Waals surface area contributed by atoms with Crippen LogP contribution in [0, 0.1) is 0 Å². The first-order valence-corrected chi connectivity index (χ1v) is 6.19.